The molecule has 1 aliphatic heterocycles. The van der Waals surface area contributed by atoms with E-state index in [0.29, 0.717) is 0 Å². The lowest BCUT2D eigenvalue weighted by Crippen LogP contribution is -2.46. The van der Waals surface area contributed by atoms with E-state index in [1.54, 1.807) is 6.20 Å². The van der Waals surface area contributed by atoms with Crippen molar-refractivity contribution in [2.75, 3.05) is 32.0 Å². The Balaban J connectivity index is 1.86. The van der Waals surface area contributed by atoms with E-state index in [2.05, 4.69) is 43.2 Å². The van der Waals surface area contributed by atoms with Crippen LogP contribution in [-0.2, 0) is 0 Å². The molecule has 0 bridgehead atoms. The number of hydrogen-bond donors (Lipinski definition) is 1. The summed E-state index contributed by atoms with van der Waals surface area (Å²) in [5, 5.41) is 3.27. The number of rotatable bonds is 3. The quantitative estimate of drug-likeness (QED) is 0.905. The molecule has 0 unspecified atom stereocenters. The van der Waals surface area contributed by atoms with Crippen LogP contribution in [0.2, 0.25) is 0 Å². The van der Waals surface area contributed by atoms with Gasteiger partial charge in [0.1, 0.15) is 0 Å². The fraction of sp³-hybridized carbons (Fsp3) is 0.600. The van der Waals surface area contributed by atoms with Crippen LogP contribution >= 0.6 is 15.9 Å². The third-order valence-electron chi connectivity index (χ3n) is 2.61. The molecule has 1 N–H and O–H groups in total. The Kier molecular flexibility index (Phi) is 3.21. The highest BCUT2D eigenvalue weighted by molar-refractivity contribution is 9.10. The summed E-state index contributed by atoms with van der Waals surface area (Å²) in [6.45, 7) is 5.27. The fourth-order valence-electron chi connectivity index (χ4n) is 1.73. The standard InChI is InChI=1S/C10H15BrN4/c1-7-9(11)4-13-10(14-7)12-3-8-5-15(2)6-8/h4,8H,3,5-6H2,1-2H3,(H,12,13,14). The smallest absolute Gasteiger partial charge is 0.222 e. The van der Waals surface area contributed by atoms with Crippen molar-refractivity contribution in [3.63, 3.8) is 0 Å². The predicted molar refractivity (Wildman–Crippen MR) is 63.9 cm³/mol. The molecule has 1 aliphatic rings. The Morgan fingerprint density at radius 1 is 1.60 bits per heavy atom. The molecule has 1 aromatic heterocycles. The first-order chi connectivity index (χ1) is 7.15. The van der Waals surface area contributed by atoms with E-state index in [1.165, 1.54) is 13.1 Å². The molecule has 1 saturated heterocycles. The molecule has 82 valence electrons. The molecule has 0 aromatic carbocycles. The SMILES string of the molecule is Cc1nc(NCC2CN(C)C2)ncc1Br. The van der Waals surface area contributed by atoms with Crippen LogP contribution in [0.15, 0.2) is 10.7 Å². The number of hydrogen-bond acceptors (Lipinski definition) is 4. The Hall–Kier alpha value is -0.680. The second kappa shape index (κ2) is 4.45. The Morgan fingerprint density at radius 2 is 2.33 bits per heavy atom. The van der Waals surface area contributed by atoms with Gasteiger partial charge in [-0.3, -0.25) is 0 Å². The van der Waals surface area contributed by atoms with Crippen molar-refractivity contribution in [3.05, 3.63) is 16.4 Å². The molecule has 1 aromatic rings. The first-order valence-electron chi connectivity index (χ1n) is 5.06. The summed E-state index contributed by atoms with van der Waals surface area (Å²) in [5.41, 5.74) is 0.971. The van der Waals surface area contributed by atoms with Crippen LogP contribution in [-0.4, -0.2) is 41.5 Å². The molecule has 0 radical (unpaired) electrons. The maximum Gasteiger partial charge on any atom is 0.222 e. The van der Waals surface area contributed by atoms with Crippen molar-refractivity contribution in [3.8, 4) is 0 Å². The third kappa shape index (κ3) is 2.66. The Bertz CT molecular complexity index is 349. The van der Waals surface area contributed by atoms with Crippen molar-refractivity contribution in [2.24, 2.45) is 5.92 Å². The molecule has 2 heterocycles. The number of nitrogens with zero attached hydrogens (tertiary/aromatic N) is 3. The molecular weight excluding hydrogens is 256 g/mol. The lowest BCUT2D eigenvalue weighted by molar-refractivity contribution is 0.144. The number of anilines is 1. The zero-order valence-corrected chi connectivity index (χ0v) is 10.6. The third-order valence-corrected chi connectivity index (χ3v) is 3.39. The summed E-state index contributed by atoms with van der Waals surface area (Å²) in [5.74, 6) is 1.47. The molecule has 0 aliphatic carbocycles. The van der Waals surface area contributed by atoms with Crippen molar-refractivity contribution >= 4 is 21.9 Å². The predicted octanol–water partition coefficient (Wildman–Crippen LogP) is 1.52. The molecule has 0 spiro atoms. The molecule has 4 nitrogen and oxygen atoms in total. The highest BCUT2D eigenvalue weighted by Gasteiger charge is 2.22. The van der Waals surface area contributed by atoms with Crippen LogP contribution in [0.1, 0.15) is 5.69 Å². The minimum atomic E-state index is 0.727. The highest BCUT2D eigenvalue weighted by atomic mass is 79.9. The summed E-state index contributed by atoms with van der Waals surface area (Å²) in [4.78, 5) is 10.9. The second-order valence-corrected chi connectivity index (χ2v) is 4.95. The normalized spacial score (nSPS) is 17.5. The van der Waals surface area contributed by atoms with Crippen LogP contribution in [0.3, 0.4) is 0 Å². The second-order valence-electron chi connectivity index (χ2n) is 4.10. The van der Waals surface area contributed by atoms with Gasteiger partial charge >= 0.3 is 0 Å². The van der Waals surface area contributed by atoms with E-state index in [-0.39, 0.29) is 0 Å². The van der Waals surface area contributed by atoms with Gasteiger partial charge in [0.2, 0.25) is 5.95 Å². The summed E-state index contributed by atoms with van der Waals surface area (Å²) < 4.78 is 0.955. The van der Waals surface area contributed by atoms with Gasteiger partial charge < -0.3 is 10.2 Å². The van der Waals surface area contributed by atoms with Crippen molar-refractivity contribution < 1.29 is 0 Å². The fourth-order valence-corrected chi connectivity index (χ4v) is 1.92. The van der Waals surface area contributed by atoms with Crippen LogP contribution < -0.4 is 5.32 Å². The van der Waals surface area contributed by atoms with Gasteiger partial charge in [-0.05, 0) is 29.9 Å². The van der Waals surface area contributed by atoms with Gasteiger partial charge in [-0.1, -0.05) is 0 Å². The number of aromatic nitrogens is 2. The Labute approximate surface area is 98.2 Å². The van der Waals surface area contributed by atoms with Gasteiger partial charge in [-0.2, -0.15) is 0 Å². The lowest BCUT2D eigenvalue weighted by Gasteiger charge is -2.36. The molecule has 0 amide bonds. The van der Waals surface area contributed by atoms with Crippen LogP contribution in [0, 0.1) is 12.8 Å². The van der Waals surface area contributed by atoms with E-state index < -0.39 is 0 Å². The van der Waals surface area contributed by atoms with Crippen molar-refractivity contribution in [2.45, 2.75) is 6.92 Å². The first kappa shape index (κ1) is 10.8. The minimum Gasteiger partial charge on any atom is -0.354 e. The van der Waals surface area contributed by atoms with Gasteiger partial charge in [0.15, 0.2) is 0 Å². The van der Waals surface area contributed by atoms with Gasteiger partial charge in [-0.25, -0.2) is 9.97 Å². The van der Waals surface area contributed by atoms with E-state index in [9.17, 15) is 0 Å². The van der Waals surface area contributed by atoms with Crippen molar-refractivity contribution in [1.82, 2.24) is 14.9 Å². The average Bonchev–Trinajstić information content (AvgIpc) is 2.16. The number of nitrogens with one attached hydrogen (secondary N) is 1. The summed E-state index contributed by atoms with van der Waals surface area (Å²) in [7, 11) is 2.14. The van der Waals surface area contributed by atoms with Crippen LogP contribution in [0.25, 0.3) is 0 Å². The number of aryl methyl sites for hydroxylation is 1. The Morgan fingerprint density at radius 3 is 2.93 bits per heavy atom. The summed E-state index contributed by atoms with van der Waals surface area (Å²) in [6.07, 6.45) is 1.79. The van der Waals surface area contributed by atoms with E-state index in [1.807, 2.05) is 6.92 Å². The lowest BCUT2D eigenvalue weighted by atomic mass is 10.0. The van der Waals surface area contributed by atoms with E-state index >= 15 is 0 Å². The maximum atomic E-state index is 4.34. The van der Waals surface area contributed by atoms with Gasteiger partial charge in [0, 0.05) is 31.7 Å². The molecule has 2 rings (SSSR count). The van der Waals surface area contributed by atoms with Gasteiger partial charge in [0.25, 0.3) is 0 Å². The van der Waals surface area contributed by atoms with E-state index in [0.717, 1.165) is 28.6 Å². The van der Waals surface area contributed by atoms with Crippen LogP contribution in [0.4, 0.5) is 5.95 Å². The van der Waals surface area contributed by atoms with Gasteiger partial charge in [0.05, 0.1) is 10.2 Å². The minimum absolute atomic E-state index is 0.727. The molecular formula is C10H15BrN4. The monoisotopic (exact) mass is 270 g/mol. The summed E-state index contributed by atoms with van der Waals surface area (Å²) in [6, 6.07) is 0. The van der Waals surface area contributed by atoms with Gasteiger partial charge in [-0.15, -0.1) is 0 Å². The molecule has 15 heavy (non-hydrogen) atoms. The zero-order chi connectivity index (χ0) is 10.8. The first-order valence-corrected chi connectivity index (χ1v) is 5.86. The molecule has 0 saturated carbocycles. The zero-order valence-electron chi connectivity index (χ0n) is 9.00. The number of halogens is 1. The summed E-state index contributed by atoms with van der Waals surface area (Å²) >= 11 is 3.38. The van der Waals surface area contributed by atoms with Crippen molar-refractivity contribution in [1.29, 1.82) is 0 Å². The molecule has 5 heteroatoms. The van der Waals surface area contributed by atoms with Crippen LogP contribution in [0.5, 0.6) is 0 Å². The maximum absolute atomic E-state index is 4.34. The largest absolute Gasteiger partial charge is 0.354 e. The van der Waals surface area contributed by atoms with E-state index in [4.69, 9.17) is 0 Å². The molecule has 0 atom stereocenters. The highest BCUT2D eigenvalue weighted by Crippen LogP contribution is 2.15. The number of likely N-dealkylation sites (tertiary alicyclic amines) is 1. The molecule has 1 fully saturated rings. The topological polar surface area (TPSA) is 41.1 Å². The average molecular weight is 271 g/mol.